The van der Waals surface area contributed by atoms with Crippen LogP contribution in [-0.2, 0) is 0 Å². The number of carboxylic acid groups (broad SMARTS) is 1. The number of benzene rings is 1. The van der Waals surface area contributed by atoms with E-state index in [2.05, 4.69) is 16.6 Å². The lowest BCUT2D eigenvalue weighted by molar-refractivity contribution is 0.0696. The van der Waals surface area contributed by atoms with E-state index in [1.54, 1.807) is 24.3 Å². The first kappa shape index (κ1) is 20.1. The number of urea groups is 1. The molecule has 0 atom stereocenters. The van der Waals surface area contributed by atoms with Crippen molar-refractivity contribution >= 4 is 12.0 Å². The van der Waals surface area contributed by atoms with Crippen LogP contribution < -0.4 is 15.4 Å². The maximum absolute atomic E-state index is 12.4. The van der Waals surface area contributed by atoms with Crippen molar-refractivity contribution in [3.05, 3.63) is 29.8 Å². The number of hydrogen-bond donors (Lipinski definition) is 3. The van der Waals surface area contributed by atoms with Gasteiger partial charge in [-0.1, -0.05) is 25.2 Å². The van der Waals surface area contributed by atoms with E-state index in [-0.39, 0.29) is 23.7 Å². The molecule has 2 aliphatic rings. The molecule has 2 aliphatic carbocycles. The molecule has 0 radical (unpaired) electrons. The van der Waals surface area contributed by atoms with Crippen molar-refractivity contribution in [2.24, 2.45) is 0 Å². The van der Waals surface area contributed by atoms with E-state index in [1.807, 2.05) is 0 Å². The summed E-state index contributed by atoms with van der Waals surface area (Å²) in [4.78, 5) is 23.3. The molecule has 6 nitrogen and oxygen atoms in total. The number of aromatic carboxylic acids is 1. The summed E-state index contributed by atoms with van der Waals surface area (Å²) in [6.45, 7) is 0. The summed E-state index contributed by atoms with van der Waals surface area (Å²) in [5.41, 5.74) is -0.251. The summed E-state index contributed by atoms with van der Waals surface area (Å²) in [5, 5.41) is 15.0. The average Bonchev–Trinajstić information content (AvgIpc) is 2.70. The van der Waals surface area contributed by atoms with Gasteiger partial charge in [-0.15, -0.1) is 6.42 Å². The van der Waals surface area contributed by atoms with E-state index in [0.29, 0.717) is 5.75 Å². The average molecular weight is 384 g/mol. The molecule has 1 aromatic carbocycles. The number of rotatable bonds is 5. The lowest BCUT2D eigenvalue weighted by Gasteiger charge is -2.35. The molecule has 0 saturated heterocycles. The Morgan fingerprint density at radius 2 is 1.71 bits per heavy atom. The van der Waals surface area contributed by atoms with Gasteiger partial charge in [-0.2, -0.15) is 0 Å². The molecule has 0 spiro atoms. The highest BCUT2D eigenvalue weighted by atomic mass is 16.5. The van der Waals surface area contributed by atoms with Crippen molar-refractivity contribution < 1.29 is 19.4 Å². The number of terminal acetylenes is 1. The van der Waals surface area contributed by atoms with Gasteiger partial charge in [0.25, 0.3) is 0 Å². The topological polar surface area (TPSA) is 87.7 Å². The lowest BCUT2D eigenvalue weighted by atomic mass is 9.82. The minimum atomic E-state index is -0.948. The molecule has 0 unspecified atom stereocenters. The normalized spacial score (nSPS) is 23.8. The monoisotopic (exact) mass is 384 g/mol. The van der Waals surface area contributed by atoms with Gasteiger partial charge in [-0.05, 0) is 62.8 Å². The molecule has 2 amide bonds. The molecular formula is C22H28N2O4. The maximum atomic E-state index is 12.4. The van der Waals surface area contributed by atoms with Crippen LogP contribution in [0.2, 0.25) is 0 Å². The highest BCUT2D eigenvalue weighted by Crippen LogP contribution is 2.28. The molecule has 2 fully saturated rings. The molecule has 6 heteroatoms. The fourth-order valence-corrected chi connectivity index (χ4v) is 4.09. The number of ether oxygens (including phenoxy) is 1. The Labute approximate surface area is 166 Å². The van der Waals surface area contributed by atoms with Crippen molar-refractivity contribution in [3.8, 4) is 18.1 Å². The Bertz CT molecular complexity index is 724. The van der Waals surface area contributed by atoms with Crippen LogP contribution in [0.1, 0.15) is 68.1 Å². The first-order chi connectivity index (χ1) is 13.5. The van der Waals surface area contributed by atoms with Gasteiger partial charge in [0.1, 0.15) is 11.3 Å². The van der Waals surface area contributed by atoms with E-state index < -0.39 is 11.5 Å². The first-order valence-corrected chi connectivity index (χ1v) is 10.1. The van der Waals surface area contributed by atoms with Crippen LogP contribution in [0.4, 0.5) is 4.79 Å². The Balaban J connectivity index is 1.43. The summed E-state index contributed by atoms with van der Waals surface area (Å²) in [6, 6.07) is 6.40. The maximum Gasteiger partial charge on any atom is 0.335 e. The van der Waals surface area contributed by atoms with Crippen LogP contribution in [0.5, 0.6) is 5.75 Å². The smallest absolute Gasteiger partial charge is 0.335 e. The number of hydrogen-bond acceptors (Lipinski definition) is 3. The van der Waals surface area contributed by atoms with Crippen LogP contribution in [0.25, 0.3) is 0 Å². The zero-order valence-corrected chi connectivity index (χ0v) is 16.1. The predicted molar refractivity (Wildman–Crippen MR) is 106 cm³/mol. The van der Waals surface area contributed by atoms with Gasteiger partial charge >= 0.3 is 12.0 Å². The van der Waals surface area contributed by atoms with Crippen molar-refractivity contribution in [3.63, 3.8) is 0 Å². The van der Waals surface area contributed by atoms with Crippen LogP contribution in [0, 0.1) is 12.3 Å². The van der Waals surface area contributed by atoms with E-state index in [4.69, 9.17) is 16.3 Å². The fourth-order valence-electron chi connectivity index (χ4n) is 4.09. The van der Waals surface area contributed by atoms with Crippen molar-refractivity contribution in [1.29, 1.82) is 0 Å². The van der Waals surface area contributed by atoms with E-state index in [0.717, 1.165) is 51.4 Å². The summed E-state index contributed by atoms with van der Waals surface area (Å²) < 4.78 is 5.95. The van der Waals surface area contributed by atoms with Gasteiger partial charge in [0.05, 0.1) is 11.7 Å². The molecular weight excluding hydrogens is 356 g/mol. The minimum absolute atomic E-state index is 0.0761. The Morgan fingerprint density at radius 3 is 2.29 bits per heavy atom. The van der Waals surface area contributed by atoms with Gasteiger partial charge < -0.3 is 20.5 Å². The molecule has 3 rings (SSSR count). The second-order valence-corrected chi connectivity index (χ2v) is 7.81. The molecule has 2 saturated carbocycles. The Morgan fingerprint density at radius 1 is 1.07 bits per heavy atom. The van der Waals surface area contributed by atoms with Crippen molar-refractivity contribution in [2.75, 3.05) is 0 Å². The molecule has 0 heterocycles. The summed E-state index contributed by atoms with van der Waals surface area (Å²) in [7, 11) is 0. The minimum Gasteiger partial charge on any atom is -0.490 e. The van der Waals surface area contributed by atoms with Gasteiger partial charge in [0.15, 0.2) is 0 Å². The fraction of sp³-hybridized carbons (Fsp3) is 0.545. The van der Waals surface area contributed by atoms with E-state index >= 15 is 0 Å². The van der Waals surface area contributed by atoms with Crippen LogP contribution >= 0.6 is 0 Å². The summed E-state index contributed by atoms with van der Waals surface area (Å²) >= 11 is 0. The number of carbonyl (C=O) groups excluding carboxylic acids is 1. The van der Waals surface area contributed by atoms with Crippen molar-refractivity contribution in [1.82, 2.24) is 10.6 Å². The molecule has 3 N–H and O–H groups in total. The molecule has 0 aliphatic heterocycles. The Kier molecular flexibility index (Phi) is 6.45. The largest absolute Gasteiger partial charge is 0.490 e. The number of amides is 2. The number of nitrogens with one attached hydrogen (secondary N) is 2. The number of carboxylic acids is 1. The van der Waals surface area contributed by atoms with Crippen LogP contribution in [0.3, 0.4) is 0 Å². The molecule has 0 aromatic heterocycles. The highest BCUT2D eigenvalue weighted by molar-refractivity contribution is 5.87. The third kappa shape index (κ3) is 5.19. The quantitative estimate of drug-likeness (QED) is 0.676. The molecule has 150 valence electrons. The molecule has 1 aromatic rings. The van der Waals surface area contributed by atoms with Crippen molar-refractivity contribution in [2.45, 2.75) is 75.5 Å². The third-order valence-electron chi connectivity index (χ3n) is 5.75. The summed E-state index contributed by atoms with van der Waals surface area (Å²) in [5.74, 6) is 2.53. The second-order valence-electron chi connectivity index (χ2n) is 7.81. The van der Waals surface area contributed by atoms with Gasteiger partial charge in [-0.25, -0.2) is 9.59 Å². The lowest BCUT2D eigenvalue weighted by Crippen LogP contribution is -2.54. The Hall–Kier alpha value is -2.68. The predicted octanol–water partition coefficient (Wildman–Crippen LogP) is 3.71. The first-order valence-electron chi connectivity index (χ1n) is 10.1. The third-order valence-corrected chi connectivity index (χ3v) is 5.75. The number of carbonyl (C=O) groups is 2. The standard InChI is InChI=1S/C22H28N2O4/c1-2-22(14-4-3-5-15-22)24-21(27)23-17-8-12-19(13-9-17)28-18-10-6-16(7-11-18)20(25)26/h1,6-7,10-11,17,19H,3-5,8-9,12-15H2,(H,25,26)(H2,23,24,27). The van der Waals surface area contributed by atoms with Crippen LogP contribution in [-0.4, -0.2) is 34.8 Å². The molecule has 0 bridgehead atoms. The van der Waals surface area contributed by atoms with E-state index in [9.17, 15) is 9.59 Å². The van der Waals surface area contributed by atoms with Crippen LogP contribution in [0.15, 0.2) is 24.3 Å². The summed E-state index contributed by atoms with van der Waals surface area (Å²) in [6.07, 6.45) is 14.1. The zero-order chi connectivity index (χ0) is 20.0. The van der Waals surface area contributed by atoms with Gasteiger partial charge in [-0.3, -0.25) is 0 Å². The van der Waals surface area contributed by atoms with E-state index in [1.165, 1.54) is 6.42 Å². The molecule has 28 heavy (non-hydrogen) atoms. The second kappa shape index (κ2) is 9.01. The zero-order valence-electron chi connectivity index (χ0n) is 16.1. The van der Waals surface area contributed by atoms with Gasteiger partial charge in [0.2, 0.25) is 0 Å². The highest BCUT2D eigenvalue weighted by Gasteiger charge is 2.32. The van der Waals surface area contributed by atoms with Gasteiger partial charge in [0, 0.05) is 6.04 Å². The SMILES string of the molecule is C#CC1(NC(=O)NC2CCC(Oc3ccc(C(=O)O)cc3)CC2)CCCCC1.